The molecule has 0 aromatic rings. The van der Waals surface area contributed by atoms with Crippen LogP contribution in [0.25, 0.3) is 0 Å². The van der Waals surface area contributed by atoms with E-state index < -0.39 is 0 Å². The fourth-order valence-electron chi connectivity index (χ4n) is 1.18. The molecule has 70 valence electrons. The molecule has 0 radical (unpaired) electrons. The molecule has 0 unspecified atom stereocenters. The van der Waals surface area contributed by atoms with Crippen molar-refractivity contribution in [1.82, 2.24) is 0 Å². The Bertz CT molecular complexity index is 162. The molecule has 1 rings (SSSR count). The fraction of sp³-hybridized carbons (Fsp3) is 0.636. The molecule has 12 heavy (non-hydrogen) atoms. The smallest absolute Gasteiger partial charge is 0.100 e. The lowest BCUT2D eigenvalue weighted by Gasteiger charge is -2.07. The predicted octanol–water partition coefficient (Wildman–Crippen LogP) is 4.39. The van der Waals surface area contributed by atoms with Gasteiger partial charge in [0.05, 0.1) is 0 Å². The normalized spacial score (nSPS) is 15.7. The van der Waals surface area contributed by atoms with E-state index in [1.54, 1.807) is 6.08 Å². The largest absolute Gasteiger partial charge is 0.212 e. The van der Waals surface area contributed by atoms with Crippen LogP contribution < -0.4 is 0 Å². The summed E-state index contributed by atoms with van der Waals surface area (Å²) in [6, 6.07) is 0. The molecule has 0 aromatic heterocycles. The van der Waals surface area contributed by atoms with Crippen LogP contribution in [0.5, 0.6) is 0 Å². The molecular formula is C11H19F. The molecule has 0 aliphatic heterocycles. The highest BCUT2D eigenvalue weighted by molar-refractivity contribution is 5.20. The maximum Gasteiger partial charge on any atom is 0.100 e. The van der Waals surface area contributed by atoms with Gasteiger partial charge in [0.1, 0.15) is 5.83 Å². The first kappa shape index (κ1) is 11.4. The molecule has 0 atom stereocenters. The van der Waals surface area contributed by atoms with E-state index in [0.29, 0.717) is 6.42 Å². The molecule has 1 aliphatic rings. The van der Waals surface area contributed by atoms with Crippen LogP contribution in [0.1, 0.15) is 46.5 Å². The quantitative estimate of drug-likeness (QED) is 0.576. The van der Waals surface area contributed by atoms with Crippen molar-refractivity contribution in [2.24, 2.45) is 0 Å². The summed E-state index contributed by atoms with van der Waals surface area (Å²) in [7, 11) is 0. The van der Waals surface area contributed by atoms with Crippen molar-refractivity contribution < 1.29 is 4.39 Å². The van der Waals surface area contributed by atoms with Crippen LogP contribution in [0.2, 0.25) is 0 Å². The maximum atomic E-state index is 12.4. The van der Waals surface area contributed by atoms with E-state index in [1.807, 2.05) is 19.9 Å². The van der Waals surface area contributed by atoms with Crippen LogP contribution >= 0.6 is 0 Å². The topological polar surface area (TPSA) is 0 Å². The number of allylic oxidation sites excluding steroid dienone is 4. The maximum absolute atomic E-state index is 12.4. The Labute approximate surface area is 75.2 Å². The molecule has 0 saturated carbocycles. The van der Waals surface area contributed by atoms with E-state index in [9.17, 15) is 4.39 Å². The summed E-state index contributed by atoms with van der Waals surface area (Å²) in [5.41, 5.74) is 1.39. The third-order valence-corrected chi connectivity index (χ3v) is 1.76. The van der Waals surface area contributed by atoms with Crippen LogP contribution in [0, 0.1) is 0 Å². The predicted molar refractivity (Wildman–Crippen MR) is 52.8 cm³/mol. The van der Waals surface area contributed by atoms with Crippen molar-refractivity contribution in [3.63, 3.8) is 0 Å². The lowest BCUT2D eigenvalue weighted by atomic mass is 10.0. The molecule has 1 heteroatoms. The third-order valence-electron chi connectivity index (χ3n) is 1.76. The molecule has 0 aromatic carbocycles. The SMILES string of the molecule is CC.CCCC1=CC=C(F)CC1. The highest BCUT2D eigenvalue weighted by Gasteiger charge is 2.03. The molecule has 0 bridgehead atoms. The second-order valence-corrected chi connectivity index (χ2v) is 2.69. The van der Waals surface area contributed by atoms with Gasteiger partial charge in [-0.2, -0.15) is 0 Å². The van der Waals surface area contributed by atoms with Crippen molar-refractivity contribution in [1.29, 1.82) is 0 Å². The van der Waals surface area contributed by atoms with E-state index in [-0.39, 0.29) is 5.83 Å². The van der Waals surface area contributed by atoms with Gasteiger partial charge in [-0.15, -0.1) is 0 Å². The molecular weight excluding hydrogens is 151 g/mol. The van der Waals surface area contributed by atoms with Gasteiger partial charge in [-0.1, -0.05) is 38.8 Å². The Hall–Kier alpha value is -0.590. The summed E-state index contributed by atoms with van der Waals surface area (Å²) in [4.78, 5) is 0. The van der Waals surface area contributed by atoms with Crippen LogP contribution in [0.4, 0.5) is 4.39 Å². The molecule has 0 N–H and O–H groups in total. The van der Waals surface area contributed by atoms with Crippen molar-refractivity contribution in [2.75, 3.05) is 0 Å². The first-order valence-electron chi connectivity index (χ1n) is 4.87. The highest BCUT2D eigenvalue weighted by atomic mass is 19.1. The second-order valence-electron chi connectivity index (χ2n) is 2.69. The van der Waals surface area contributed by atoms with Crippen molar-refractivity contribution >= 4 is 0 Å². The van der Waals surface area contributed by atoms with Crippen LogP contribution in [-0.4, -0.2) is 0 Å². The Balaban J connectivity index is 0.000000561. The number of hydrogen-bond donors (Lipinski definition) is 0. The average molecular weight is 170 g/mol. The minimum absolute atomic E-state index is 0.0276. The number of rotatable bonds is 2. The summed E-state index contributed by atoms with van der Waals surface area (Å²) < 4.78 is 12.4. The van der Waals surface area contributed by atoms with E-state index in [4.69, 9.17) is 0 Å². The molecule has 0 saturated heterocycles. The summed E-state index contributed by atoms with van der Waals surface area (Å²) in [6.07, 6.45) is 7.35. The van der Waals surface area contributed by atoms with Gasteiger partial charge in [0.2, 0.25) is 0 Å². The fourth-order valence-corrected chi connectivity index (χ4v) is 1.18. The van der Waals surface area contributed by atoms with E-state index >= 15 is 0 Å². The van der Waals surface area contributed by atoms with Gasteiger partial charge in [0.15, 0.2) is 0 Å². The summed E-state index contributed by atoms with van der Waals surface area (Å²) in [5.74, 6) is 0.0276. The van der Waals surface area contributed by atoms with Crippen LogP contribution in [0.3, 0.4) is 0 Å². The minimum atomic E-state index is 0.0276. The Morgan fingerprint density at radius 2 is 1.92 bits per heavy atom. The van der Waals surface area contributed by atoms with Gasteiger partial charge in [0, 0.05) is 6.42 Å². The molecule has 0 spiro atoms. The number of halogens is 1. The van der Waals surface area contributed by atoms with Gasteiger partial charge in [-0.3, -0.25) is 0 Å². The lowest BCUT2D eigenvalue weighted by Crippen LogP contribution is -1.89. The zero-order valence-corrected chi connectivity index (χ0v) is 8.36. The molecule has 0 nitrogen and oxygen atoms in total. The Kier molecular flexibility index (Phi) is 6.73. The van der Waals surface area contributed by atoms with E-state index in [1.165, 1.54) is 12.0 Å². The van der Waals surface area contributed by atoms with Crippen LogP contribution in [-0.2, 0) is 0 Å². The highest BCUT2D eigenvalue weighted by Crippen LogP contribution is 2.21. The Morgan fingerprint density at radius 3 is 2.33 bits per heavy atom. The zero-order valence-electron chi connectivity index (χ0n) is 8.36. The Morgan fingerprint density at radius 1 is 1.25 bits per heavy atom. The molecule has 0 fully saturated rings. The van der Waals surface area contributed by atoms with E-state index in [2.05, 4.69) is 6.92 Å². The summed E-state index contributed by atoms with van der Waals surface area (Å²) in [6.45, 7) is 6.15. The zero-order chi connectivity index (χ0) is 9.40. The van der Waals surface area contributed by atoms with Crippen molar-refractivity contribution in [2.45, 2.75) is 46.5 Å². The first-order chi connectivity index (χ1) is 5.83. The summed E-state index contributed by atoms with van der Waals surface area (Å²) in [5, 5.41) is 0. The van der Waals surface area contributed by atoms with Gasteiger partial charge in [-0.05, 0) is 18.9 Å². The second kappa shape index (κ2) is 7.08. The van der Waals surface area contributed by atoms with Gasteiger partial charge < -0.3 is 0 Å². The molecule has 1 aliphatic carbocycles. The number of hydrogen-bond acceptors (Lipinski definition) is 0. The third kappa shape index (κ3) is 4.32. The van der Waals surface area contributed by atoms with Crippen molar-refractivity contribution in [3.05, 3.63) is 23.6 Å². The first-order valence-corrected chi connectivity index (χ1v) is 4.87. The van der Waals surface area contributed by atoms with Gasteiger partial charge in [-0.25, -0.2) is 4.39 Å². The molecule has 0 amide bonds. The minimum Gasteiger partial charge on any atom is -0.212 e. The molecule has 0 heterocycles. The summed E-state index contributed by atoms with van der Waals surface area (Å²) >= 11 is 0. The average Bonchev–Trinajstić information content (AvgIpc) is 2.13. The lowest BCUT2D eigenvalue weighted by molar-refractivity contribution is 0.577. The van der Waals surface area contributed by atoms with E-state index in [0.717, 1.165) is 12.8 Å². The van der Waals surface area contributed by atoms with Crippen molar-refractivity contribution in [3.8, 4) is 0 Å². The monoisotopic (exact) mass is 170 g/mol. The standard InChI is InChI=1S/C9H13F.C2H6/c1-2-3-8-4-6-9(10)7-5-8;1-2/h4,6H,2-3,5,7H2,1H3;1-2H3. The van der Waals surface area contributed by atoms with Gasteiger partial charge >= 0.3 is 0 Å². The van der Waals surface area contributed by atoms with Crippen LogP contribution in [0.15, 0.2) is 23.6 Å². The van der Waals surface area contributed by atoms with Gasteiger partial charge in [0.25, 0.3) is 0 Å².